The van der Waals surface area contributed by atoms with Crippen LogP contribution in [0.4, 0.5) is 0 Å². The van der Waals surface area contributed by atoms with Crippen LogP contribution in [0.1, 0.15) is 31.0 Å². The third kappa shape index (κ3) is 3.43. The molecule has 5 nitrogen and oxygen atoms in total. The fourth-order valence-corrected chi connectivity index (χ4v) is 3.26. The molecule has 2 aliphatic heterocycles. The van der Waals surface area contributed by atoms with Crippen LogP contribution >= 0.6 is 11.8 Å². The molecule has 3 rings (SSSR count). The summed E-state index contributed by atoms with van der Waals surface area (Å²) in [5.41, 5.74) is 8.76. The van der Waals surface area contributed by atoms with Gasteiger partial charge in [0.25, 0.3) is 0 Å². The first-order valence-electron chi connectivity index (χ1n) is 7.93. The molecule has 1 aromatic carbocycles. The van der Waals surface area contributed by atoms with Gasteiger partial charge in [-0.15, -0.1) is 0 Å². The van der Waals surface area contributed by atoms with Crippen LogP contribution in [0.2, 0.25) is 0 Å². The van der Waals surface area contributed by atoms with E-state index in [0.29, 0.717) is 11.0 Å². The maximum absolute atomic E-state index is 11.5. The van der Waals surface area contributed by atoms with Crippen molar-refractivity contribution in [2.75, 3.05) is 0 Å². The summed E-state index contributed by atoms with van der Waals surface area (Å²) < 4.78 is 1.77. The first kappa shape index (κ1) is 16.5. The molecule has 1 unspecified atom stereocenters. The van der Waals surface area contributed by atoms with Crippen molar-refractivity contribution >= 4 is 17.7 Å². The number of aromatic nitrogens is 3. The first-order valence-corrected chi connectivity index (χ1v) is 8.91. The number of amides is 1. The molecular weight excluding hydrogens is 320 g/mol. The molecule has 2 aliphatic rings. The number of aryl methyl sites for hydroxylation is 1. The summed E-state index contributed by atoms with van der Waals surface area (Å²) in [6.07, 6.45) is 2.85. The molecule has 2 heterocycles. The van der Waals surface area contributed by atoms with Crippen molar-refractivity contribution < 1.29 is 4.79 Å². The fraction of sp³-hybridized carbons (Fsp3) is 0.278. The zero-order valence-electron chi connectivity index (χ0n) is 13.8. The quantitative estimate of drug-likeness (QED) is 0.699. The van der Waals surface area contributed by atoms with Crippen LogP contribution in [0.5, 0.6) is 0 Å². The maximum Gasteiger partial charge on any atom is 0.240 e. The van der Waals surface area contributed by atoms with E-state index in [1.807, 2.05) is 18.3 Å². The van der Waals surface area contributed by atoms with Crippen molar-refractivity contribution in [3.05, 3.63) is 53.7 Å². The summed E-state index contributed by atoms with van der Waals surface area (Å²) in [4.78, 5) is 20.6. The van der Waals surface area contributed by atoms with Gasteiger partial charge in [-0.1, -0.05) is 43.0 Å². The average molecular weight is 340 g/mol. The minimum atomic E-state index is -0.454. The largest absolute Gasteiger partial charge is 0.368 e. The summed E-state index contributed by atoms with van der Waals surface area (Å²) >= 11 is 1.59. The maximum atomic E-state index is 11.5. The molecule has 1 atom stereocenters. The number of fused-ring (bicyclic) bond motifs is 1. The van der Waals surface area contributed by atoms with Crippen LogP contribution in [-0.2, 0) is 17.0 Å². The van der Waals surface area contributed by atoms with Gasteiger partial charge in [-0.05, 0) is 36.6 Å². The SMILES string of the molecule is CCc1ccc(CSc2nc3cccn(C(C)C(N)=O)c-3n2)cc1. The third-order valence-electron chi connectivity index (χ3n) is 4.02. The van der Waals surface area contributed by atoms with Crippen LogP contribution in [0.3, 0.4) is 0 Å². The highest BCUT2D eigenvalue weighted by Gasteiger charge is 2.19. The lowest BCUT2D eigenvalue weighted by molar-refractivity contribution is -0.120. The summed E-state index contributed by atoms with van der Waals surface area (Å²) in [6, 6.07) is 11.9. The molecule has 0 aromatic heterocycles. The fourth-order valence-electron chi connectivity index (χ4n) is 2.46. The number of carbonyl (C=O) groups excluding carboxylic acids is 1. The van der Waals surface area contributed by atoms with Gasteiger partial charge in [0.05, 0.1) is 0 Å². The Kier molecular flexibility index (Phi) is 4.85. The number of imidazole rings is 1. The number of hydrogen-bond acceptors (Lipinski definition) is 4. The second kappa shape index (κ2) is 7.05. The second-order valence-electron chi connectivity index (χ2n) is 5.67. The lowest BCUT2D eigenvalue weighted by Crippen LogP contribution is -2.25. The molecule has 24 heavy (non-hydrogen) atoms. The van der Waals surface area contributed by atoms with E-state index < -0.39 is 6.04 Å². The molecule has 124 valence electrons. The number of carbonyl (C=O) groups is 1. The van der Waals surface area contributed by atoms with E-state index in [1.54, 1.807) is 23.3 Å². The van der Waals surface area contributed by atoms with Crippen molar-refractivity contribution in [2.45, 2.75) is 37.2 Å². The minimum absolute atomic E-state index is 0.388. The number of primary amides is 1. The summed E-state index contributed by atoms with van der Waals surface area (Å²) in [7, 11) is 0. The molecule has 1 amide bonds. The van der Waals surface area contributed by atoms with E-state index in [-0.39, 0.29) is 5.91 Å². The zero-order valence-corrected chi connectivity index (χ0v) is 14.6. The highest BCUT2D eigenvalue weighted by Crippen LogP contribution is 2.28. The number of pyridine rings is 1. The Bertz CT molecular complexity index is 812. The Morgan fingerprint density at radius 3 is 2.58 bits per heavy atom. The van der Waals surface area contributed by atoms with E-state index in [2.05, 4.69) is 41.2 Å². The zero-order chi connectivity index (χ0) is 17.1. The second-order valence-corrected chi connectivity index (χ2v) is 6.61. The third-order valence-corrected chi connectivity index (χ3v) is 4.94. The van der Waals surface area contributed by atoms with Crippen LogP contribution in [0.15, 0.2) is 47.8 Å². The molecule has 0 fully saturated rings. The smallest absolute Gasteiger partial charge is 0.240 e. The molecule has 0 bridgehead atoms. The van der Waals surface area contributed by atoms with Crippen molar-refractivity contribution in [1.29, 1.82) is 0 Å². The van der Waals surface area contributed by atoms with Gasteiger partial charge in [0, 0.05) is 11.9 Å². The van der Waals surface area contributed by atoms with Gasteiger partial charge in [-0.2, -0.15) is 0 Å². The van der Waals surface area contributed by atoms with E-state index in [1.165, 1.54) is 11.1 Å². The van der Waals surface area contributed by atoms with Crippen LogP contribution in [0, 0.1) is 0 Å². The van der Waals surface area contributed by atoms with E-state index in [0.717, 1.165) is 17.9 Å². The molecular formula is C18H20N4OS. The van der Waals surface area contributed by atoms with Gasteiger partial charge in [0.2, 0.25) is 5.91 Å². The highest BCUT2D eigenvalue weighted by atomic mass is 32.2. The molecule has 6 heteroatoms. The van der Waals surface area contributed by atoms with Gasteiger partial charge < -0.3 is 10.3 Å². The van der Waals surface area contributed by atoms with E-state index in [4.69, 9.17) is 5.73 Å². The number of rotatable bonds is 6. The van der Waals surface area contributed by atoms with Crippen molar-refractivity contribution in [1.82, 2.24) is 14.5 Å². The number of thioether (sulfide) groups is 1. The summed E-state index contributed by atoms with van der Waals surface area (Å²) in [6.45, 7) is 3.91. The van der Waals surface area contributed by atoms with Gasteiger partial charge in [-0.25, -0.2) is 9.97 Å². The molecule has 0 saturated heterocycles. The topological polar surface area (TPSA) is 73.8 Å². The van der Waals surface area contributed by atoms with Crippen molar-refractivity contribution in [3.63, 3.8) is 0 Å². The standard InChI is InChI=1S/C18H20N4OS/c1-3-13-6-8-14(9-7-13)11-24-18-20-15-5-4-10-22(17(15)21-18)12(2)16(19)23/h4-10,12H,3,11H2,1-2H3,(H2,19,23). The lowest BCUT2D eigenvalue weighted by Gasteiger charge is -2.14. The Labute approximate surface area is 145 Å². The van der Waals surface area contributed by atoms with Crippen LogP contribution in [-0.4, -0.2) is 20.4 Å². The Hall–Kier alpha value is -2.34. The van der Waals surface area contributed by atoms with Gasteiger partial charge in [0.15, 0.2) is 11.0 Å². The van der Waals surface area contributed by atoms with Gasteiger partial charge >= 0.3 is 0 Å². The predicted octanol–water partition coefficient (Wildman–Crippen LogP) is 3.28. The van der Waals surface area contributed by atoms with Gasteiger partial charge in [0.1, 0.15) is 11.7 Å². The molecule has 2 N–H and O–H groups in total. The van der Waals surface area contributed by atoms with E-state index >= 15 is 0 Å². The monoisotopic (exact) mass is 340 g/mol. The Morgan fingerprint density at radius 1 is 1.21 bits per heavy atom. The number of nitrogens with zero attached hydrogens (tertiary/aromatic N) is 3. The normalized spacial score (nSPS) is 12.4. The molecule has 1 aromatic rings. The molecule has 0 saturated carbocycles. The predicted molar refractivity (Wildman–Crippen MR) is 95.9 cm³/mol. The minimum Gasteiger partial charge on any atom is -0.368 e. The number of hydrogen-bond donors (Lipinski definition) is 1. The molecule has 0 aliphatic carbocycles. The van der Waals surface area contributed by atoms with Crippen molar-refractivity contribution in [3.8, 4) is 11.5 Å². The van der Waals surface area contributed by atoms with Crippen LogP contribution in [0.25, 0.3) is 11.5 Å². The molecule has 0 radical (unpaired) electrons. The average Bonchev–Trinajstić information content (AvgIpc) is 3.02. The highest BCUT2D eigenvalue weighted by molar-refractivity contribution is 7.98. The molecule has 0 spiro atoms. The van der Waals surface area contributed by atoms with Crippen LogP contribution < -0.4 is 5.73 Å². The first-order chi connectivity index (χ1) is 11.6. The Balaban J connectivity index is 1.79. The summed E-state index contributed by atoms with van der Waals surface area (Å²) in [5.74, 6) is 1.11. The van der Waals surface area contributed by atoms with Crippen molar-refractivity contribution in [2.24, 2.45) is 5.73 Å². The van der Waals surface area contributed by atoms with E-state index in [9.17, 15) is 4.79 Å². The Morgan fingerprint density at radius 2 is 1.92 bits per heavy atom. The number of benzene rings is 1. The number of nitrogens with two attached hydrogens (primary N) is 1. The van der Waals surface area contributed by atoms with Gasteiger partial charge in [-0.3, -0.25) is 4.79 Å². The summed E-state index contributed by atoms with van der Waals surface area (Å²) in [5, 5.41) is 0.709. The lowest BCUT2D eigenvalue weighted by atomic mass is 10.1.